The van der Waals surface area contributed by atoms with Crippen LogP contribution in [0, 0.1) is 0 Å². The number of aromatic nitrogens is 1. The second kappa shape index (κ2) is 6.34. The summed E-state index contributed by atoms with van der Waals surface area (Å²) in [5.74, 6) is -0.288. The van der Waals surface area contributed by atoms with Crippen molar-refractivity contribution < 1.29 is 14.4 Å². The SMILES string of the molecule is CC(=O)CCn1cccc(CN2CCC(=O)NC2=O)c1=O. The van der Waals surface area contributed by atoms with E-state index < -0.39 is 6.03 Å². The fraction of sp³-hybridized carbons (Fsp3) is 0.429. The van der Waals surface area contributed by atoms with Crippen molar-refractivity contribution in [3.8, 4) is 0 Å². The lowest BCUT2D eigenvalue weighted by molar-refractivity contribution is -0.121. The van der Waals surface area contributed by atoms with Crippen LogP contribution in [0.5, 0.6) is 0 Å². The zero-order valence-electron chi connectivity index (χ0n) is 11.8. The van der Waals surface area contributed by atoms with Gasteiger partial charge in [0.15, 0.2) is 0 Å². The molecule has 3 amide bonds. The minimum absolute atomic E-state index is 0.0150. The molecule has 2 rings (SSSR count). The van der Waals surface area contributed by atoms with E-state index in [1.165, 1.54) is 16.4 Å². The Morgan fingerprint density at radius 2 is 2.10 bits per heavy atom. The standard InChI is InChI=1S/C14H17N3O4/c1-10(18)4-7-16-6-2-3-11(13(16)20)9-17-8-5-12(19)15-14(17)21/h2-3,6H,4-5,7-9H2,1H3,(H,15,19,21). The first kappa shape index (κ1) is 15.0. The van der Waals surface area contributed by atoms with E-state index >= 15 is 0 Å². The molecule has 1 aromatic rings. The van der Waals surface area contributed by atoms with Crippen LogP contribution >= 0.6 is 0 Å². The van der Waals surface area contributed by atoms with Gasteiger partial charge in [0.25, 0.3) is 5.56 Å². The zero-order chi connectivity index (χ0) is 15.4. The highest BCUT2D eigenvalue weighted by Crippen LogP contribution is 2.06. The van der Waals surface area contributed by atoms with E-state index in [2.05, 4.69) is 5.32 Å². The van der Waals surface area contributed by atoms with E-state index in [1.54, 1.807) is 18.3 Å². The van der Waals surface area contributed by atoms with Gasteiger partial charge < -0.3 is 9.47 Å². The van der Waals surface area contributed by atoms with Crippen molar-refractivity contribution in [1.82, 2.24) is 14.8 Å². The molecule has 7 nitrogen and oxygen atoms in total. The highest BCUT2D eigenvalue weighted by Gasteiger charge is 2.23. The fourth-order valence-corrected chi connectivity index (χ4v) is 2.12. The predicted octanol–water partition coefficient (Wildman–Crippen LogP) is 0.269. The number of carbonyl (C=O) groups is 3. The third-order valence-corrected chi connectivity index (χ3v) is 3.31. The number of imide groups is 1. The highest BCUT2D eigenvalue weighted by molar-refractivity contribution is 5.96. The summed E-state index contributed by atoms with van der Waals surface area (Å²) in [7, 11) is 0. The summed E-state index contributed by atoms with van der Waals surface area (Å²) in [6, 6.07) is 2.88. The summed E-state index contributed by atoms with van der Waals surface area (Å²) >= 11 is 0. The molecule has 0 radical (unpaired) electrons. The molecule has 0 saturated carbocycles. The quantitative estimate of drug-likeness (QED) is 0.843. The number of Topliss-reactive ketones (excluding diaryl/α,β-unsaturated/α-hetero) is 1. The maximum Gasteiger partial charge on any atom is 0.324 e. The zero-order valence-corrected chi connectivity index (χ0v) is 11.8. The van der Waals surface area contributed by atoms with Crippen LogP contribution in [-0.4, -0.2) is 33.7 Å². The lowest BCUT2D eigenvalue weighted by atomic mass is 10.2. The topological polar surface area (TPSA) is 88.5 Å². The van der Waals surface area contributed by atoms with E-state index in [4.69, 9.17) is 0 Å². The van der Waals surface area contributed by atoms with Crippen LogP contribution in [0.1, 0.15) is 25.3 Å². The minimum Gasteiger partial charge on any atom is -0.319 e. The van der Waals surface area contributed by atoms with Crippen molar-refractivity contribution in [2.24, 2.45) is 0 Å². The summed E-state index contributed by atoms with van der Waals surface area (Å²) in [6.45, 7) is 2.25. The molecule has 0 aliphatic carbocycles. The van der Waals surface area contributed by atoms with Gasteiger partial charge in [-0.2, -0.15) is 0 Å². The van der Waals surface area contributed by atoms with Crippen LogP contribution < -0.4 is 10.9 Å². The predicted molar refractivity (Wildman–Crippen MR) is 74.6 cm³/mol. The molecule has 1 aliphatic rings. The number of nitrogens with one attached hydrogen (secondary N) is 1. The van der Waals surface area contributed by atoms with Gasteiger partial charge >= 0.3 is 6.03 Å². The average molecular weight is 291 g/mol. The number of rotatable bonds is 5. The largest absolute Gasteiger partial charge is 0.324 e. The van der Waals surface area contributed by atoms with Crippen molar-refractivity contribution in [3.63, 3.8) is 0 Å². The second-order valence-corrected chi connectivity index (χ2v) is 5.01. The number of amides is 3. The lowest BCUT2D eigenvalue weighted by Gasteiger charge is -2.26. The summed E-state index contributed by atoms with van der Waals surface area (Å²) in [6.07, 6.45) is 2.15. The number of urea groups is 1. The molecule has 1 saturated heterocycles. The minimum atomic E-state index is -0.482. The van der Waals surface area contributed by atoms with Crippen LogP contribution in [0.2, 0.25) is 0 Å². The molecule has 2 heterocycles. The number of aryl methyl sites for hydroxylation is 1. The van der Waals surface area contributed by atoms with Gasteiger partial charge in [-0.1, -0.05) is 6.07 Å². The molecule has 21 heavy (non-hydrogen) atoms. The van der Waals surface area contributed by atoms with Crippen LogP contribution in [0.25, 0.3) is 0 Å². The number of hydrogen-bond donors (Lipinski definition) is 1. The second-order valence-electron chi connectivity index (χ2n) is 5.01. The Labute approximate surface area is 121 Å². The van der Waals surface area contributed by atoms with E-state index in [9.17, 15) is 19.2 Å². The first-order valence-electron chi connectivity index (χ1n) is 6.74. The molecule has 0 bridgehead atoms. The fourth-order valence-electron chi connectivity index (χ4n) is 2.12. The van der Waals surface area contributed by atoms with E-state index in [0.717, 1.165) is 0 Å². The molecule has 0 spiro atoms. The molecule has 0 unspecified atom stereocenters. The molecule has 0 aromatic carbocycles. The Kier molecular flexibility index (Phi) is 4.52. The Morgan fingerprint density at radius 3 is 2.76 bits per heavy atom. The van der Waals surface area contributed by atoms with Gasteiger partial charge in [0, 0.05) is 37.7 Å². The molecular formula is C14H17N3O4. The number of pyridine rings is 1. The highest BCUT2D eigenvalue weighted by atomic mass is 16.2. The Balaban J connectivity index is 2.11. The third-order valence-electron chi connectivity index (χ3n) is 3.31. The molecule has 1 aliphatic heterocycles. The van der Waals surface area contributed by atoms with Gasteiger partial charge in [0.05, 0.1) is 6.54 Å². The normalized spacial score (nSPS) is 15.0. The first-order chi connectivity index (χ1) is 9.97. The maximum atomic E-state index is 12.3. The van der Waals surface area contributed by atoms with Crippen LogP contribution in [0.4, 0.5) is 4.79 Å². The van der Waals surface area contributed by atoms with Gasteiger partial charge in [-0.15, -0.1) is 0 Å². The Morgan fingerprint density at radius 1 is 1.33 bits per heavy atom. The maximum absolute atomic E-state index is 12.3. The summed E-state index contributed by atoms with van der Waals surface area (Å²) < 4.78 is 1.46. The van der Waals surface area contributed by atoms with E-state index in [-0.39, 0.29) is 30.2 Å². The van der Waals surface area contributed by atoms with Gasteiger partial charge in [0.2, 0.25) is 5.91 Å². The average Bonchev–Trinajstić information content (AvgIpc) is 2.42. The summed E-state index contributed by atoms with van der Waals surface area (Å²) in [5.41, 5.74) is 0.244. The smallest absolute Gasteiger partial charge is 0.319 e. The van der Waals surface area contributed by atoms with Gasteiger partial charge in [-0.05, 0) is 13.0 Å². The first-order valence-corrected chi connectivity index (χ1v) is 6.74. The molecule has 7 heteroatoms. The molecule has 1 aromatic heterocycles. The van der Waals surface area contributed by atoms with Crippen LogP contribution in [-0.2, 0) is 22.7 Å². The molecular weight excluding hydrogens is 274 g/mol. The van der Waals surface area contributed by atoms with E-state index in [0.29, 0.717) is 25.1 Å². The van der Waals surface area contributed by atoms with Gasteiger partial charge in [0.1, 0.15) is 5.78 Å². The van der Waals surface area contributed by atoms with E-state index in [1.807, 2.05) is 0 Å². The number of ketones is 1. The summed E-state index contributed by atoms with van der Waals surface area (Å²) in [5, 5.41) is 2.22. The molecule has 1 fully saturated rings. The molecule has 1 N–H and O–H groups in total. The Bertz CT molecular complexity index is 635. The van der Waals surface area contributed by atoms with Crippen molar-refractivity contribution in [1.29, 1.82) is 0 Å². The number of carbonyl (C=O) groups excluding carboxylic acids is 3. The molecule has 0 atom stereocenters. The third kappa shape index (κ3) is 3.77. The van der Waals surface area contributed by atoms with Crippen LogP contribution in [0.3, 0.4) is 0 Å². The van der Waals surface area contributed by atoms with Crippen molar-refractivity contribution >= 4 is 17.7 Å². The van der Waals surface area contributed by atoms with Crippen molar-refractivity contribution in [3.05, 3.63) is 34.2 Å². The molecule has 112 valence electrons. The van der Waals surface area contributed by atoms with Crippen molar-refractivity contribution in [2.75, 3.05) is 6.54 Å². The van der Waals surface area contributed by atoms with Crippen LogP contribution in [0.15, 0.2) is 23.1 Å². The summed E-state index contributed by atoms with van der Waals surface area (Å²) in [4.78, 5) is 47.4. The Hall–Kier alpha value is -2.44. The number of hydrogen-bond acceptors (Lipinski definition) is 4. The van der Waals surface area contributed by atoms with Gasteiger partial charge in [-0.3, -0.25) is 19.7 Å². The number of nitrogens with zero attached hydrogens (tertiary/aromatic N) is 2. The monoisotopic (exact) mass is 291 g/mol. The van der Waals surface area contributed by atoms with Crippen molar-refractivity contribution in [2.45, 2.75) is 32.9 Å². The van der Waals surface area contributed by atoms with Gasteiger partial charge in [-0.25, -0.2) is 4.79 Å². The lowest BCUT2D eigenvalue weighted by Crippen LogP contribution is -2.49.